The summed E-state index contributed by atoms with van der Waals surface area (Å²) in [5.41, 5.74) is -2.69. The number of hydrogen-bond acceptors (Lipinski definition) is 3. The topological polar surface area (TPSA) is 88.0 Å². The number of carboxylic acid groups (broad SMARTS) is 1. The summed E-state index contributed by atoms with van der Waals surface area (Å²) in [6.07, 6.45) is -3.68. The number of nitrogens with one attached hydrogen (secondary N) is 1. The van der Waals surface area contributed by atoms with E-state index in [0.29, 0.717) is 12.1 Å². The van der Waals surface area contributed by atoms with Crippen LogP contribution in [-0.4, -0.2) is 25.8 Å². The second-order valence-corrected chi connectivity index (χ2v) is 3.57. The fourth-order valence-electron chi connectivity index (χ4n) is 1.51. The van der Waals surface area contributed by atoms with Gasteiger partial charge >= 0.3 is 17.8 Å². The molecule has 0 aliphatic carbocycles. The number of halogens is 3. The molecule has 1 aromatic heterocycles. The van der Waals surface area contributed by atoms with Crippen molar-refractivity contribution in [1.29, 1.82) is 0 Å². The first-order valence-electron chi connectivity index (χ1n) is 4.87. The van der Waals surface area contributed by atoms with Gasteiger partial charge in [-0.05, 0) is 18.2 Å². The minimum atomic E-state index is -4.66. The summed E-state index contributed by atoms with van der Waals surface area (Å²) in [7, 11) is 0. The molecule has 0 saturated carbocycles. The predicted molar refractivity (Wildman–Crippen MR) is 56.1 cm³/mol. The van der Waals surface area contributed by atoms with Crippen molar-refractivity contribution in [2.75, 3.05) is 0 Å². The van der Waals surface area contributed by atoms with Crippen LogP contribution in [0, 0.1) is 0 Å². The largest absolute Gasteiger partial charge is 0.478 e. The zero-order valence-corrected chi connectivity index (χ0v) is 9.10. The SMILES string of the molecule is O=C(O)c1cc(C(F)(F)F)ccc1-n1cn[nH]c1=O. The third-order valence-corrected chi connectivity index (χ3v) is 2.37. The van der Waals surface area contributed by atoms with Crippen LogP contribution in [0.1, 0.15) is 15.9 Å². The Kier molecular flexibility index (Phi) is 2.89. The average Bonchev–Trinajstić information content (AvgIpc) is 2.73. The van der Waals surface area contributed by atoms with E-state index in [9.17, 15) is 22.8 Å². The van der Waals surface area contributed by atoms with Crippen molar-refractivity contribution in [3.05, 3.63) is 46.1 Å². The maximum atomic E-state index is 12.5. The second kappa shape index (κ2) is 4.26. The molecule has 0 atom stereocenters. The van der Waals surface area contributed by atoms with Gasteiger partial charge in [-0.25, -0.2) is 19.3 Å². The lowest BCUT2D eigenvalue weighted by Gasteiger charge is -2.10. The number of rotatable bonds is 2. The highest BCUT2D eigenvalue weighted by Crippen LogP contribution is 2.31. The van der Waals surface area contributed by atoms with Gasteiger partial charge in [0.15, 0.2) is 0 Å². The molecule has 0 aliphatic rings. The number of carboxylic acids is 1. The lowest BCUT2D eigenvalue weighted by Crippen LogP contribution is -2.18. The summed E-state index contributed by atoms with van der Waals surface area (Å²) >= 11 is 0. The van der Waals surface area contributed by atoms with Crippen molar-refractivity contribution in [2.24, 2.45) is 0 Å². The third kappa shape index (κ3) is 2.34. The van der Waals surface area contributed by atoms with Crippen LogP contribution >= 0.6 is 0 Å². The highest BCUT2D eigenvalue weighted by Gasteiger charge is 2.32. The highest BCUT2D eigenvalue weighted by atomic mass is 19.4. The summed E-state index contributed by atoms with van der Waals surface area (Å²) in [5.74, 6) is -1.57. The summed E-state index contributed by atoms with van der Waals surface area (Å²) in [6.45, 7) is 0. The summed E-state index contributed by atoms with van der Waals surface area (Å²) in [4.78, 5) is 22.3. The van der Waals surface area contributed by atoms with Crippen molar-refractivity contribution in [2.45, 2.75) is 6.18 Å². The average molecular weight is 273 g/mol. The number of H-pyrrole nitrogens is 1. The van der Waals surface area contributed by atoms with Gasteiger partial charge in [-0.15, -0.1) is 0 Å². The summed E-state index contributed by atoms with van der Waals surface area (Å²) in [6, 6.07) is 2.07. The van der Waals surface area contributed by atoms with Gasteiger partial charge in [-0.3, -0.25) is 0 Å². The summed E-state index contributed by atoms with van der Waals surface area (Å²) in [5, 5.41) is 14.3. The van der Waals surface area contributed by atoms with E-state index in [2.05, 4.69) is 5.10 Å². The molecule has 100 valence electrons. The Morgan fingerprint density at radius 3 is 2.53 bits per heavy atom. The molecular formula is C10H6F3N3O3. The summed E-state index contributed by atoms with van der Waals surface area (Å²) < 4.78 is 38.3. The van der Waals surface area contributed by atoms with Gasteiger partial charge in [0, 0.05) is 0 Å². The van der Waals surface area contributed by atoms with Crippen molar-refractivity contribution >= 4 is 5.97 Å². The molecule has 2 rings (SSSR count). The standard InChI is InChI=1S/C10H6F3N3O3/c11-10(12,13)5-1-2-7(6(3-5)8(17)18)16-4-14-15-9(16)19/h1-4H,(H,15,19)(H,17,18). The Labute approximate surface area is 103 Å². The van der Waals surface area contributed by atoms with Crippen LogP contribution in [0.5, 0.6) is 0 Å². The first kappa shape index (κ1) is 12.9. The number of alkyl halides is 3. The van der Waals surface area contributed by atoms with Crippen LogP contribution in [0.2, 0.25) is 0 Å². The molecule has 1 heterocycles. The van der Waals surface area contributed by atoms with Gasteiger partial charge in [-0.1, -0.05) is 0 Å². The number of aromatic carboxylic acids is 1. The van der Waals surface area contributed by atoms with Gasteiger partial charge in [0.25, 0.3) is 0 Å². The monoisotopic (exact) mass is 273 g/mol. The van der Waals surface area contributed by atoms with Crippen LogP contribution in [-0.2, 0) is 6.18 Å². The van der Waals surface area contributed by atoms with Gasteiger partial charge in [0.2, 0.25) is 0 Å². The molecule has 0 saturated heterocycles. The van der Waals surface area contributed by atoms with E-state index in [0.717, 1.165) is 17.0 Å². The molecule has 0 amide bonds. The Morgan fingerprint density at radius 1 is 1.37 bits per heavy atom. The lowest BCUT2D eigenvalue weighted by atomic mass is 10.1. The quantitative estimate of drug-likeness (QED) is 0.862. The van der Waals surface area contributed by atoms with Crippen LogP contribution < -0.4 is 5.69 Å². The molecule has 0 unspecified atom stereocenters. The van der Waals surface area contributed by atoms with Crippen molar-refractivity contribution < 1.29 is 23.1 Å². The van der Waals surface area contributed by atoms with Crippen molar-refractivity contribution in [3.8, 4) is 5.69 Å². The first-order valence-corrected chi connectivity index (χ1v) is 4.87. The van der Waals surface area contributed by atoms with Crippen LogP contribution in [0.3, 0.4) is 0 Å². The van der Waals surface area contributed by atoms with Crippen LogP contribution in [0.15, 0.2) is 29.3 Å². The van der Waals surface area contributed by atoms with Gasteiger partial charge in [0.05, 0.1) is 16.8 Å². The minimum absolute atomic E-state index is 0.195. The van der Waals surface area contributed by atoms with Gasteiger partial charge in [0.1, 0.15) is 6.33 Å². The Morgan fingerprint density at radius 2 is 2.05 bits per heavy atom. The number of nitrogens with zero attached hydrogens (tertiary/aromatic N) is 2. The Bertz CT molecular complexity index is 687. The highest BCUT2D eigenvalue weighted by molar-refractivity contribution is 5.92. The van der Waals surface area contributed by atoms with E-state index in [1.165, 1.54) is 0 Å². The van der Waals surface area contributed by atoms with E-state index in [4.69, 9.17) is 5.11 Å². The first-order chi connectivity index (χ1) is 8.80. The van der Waals surface area contributed by atoms with Gasteiger partial charge in [-0.2, -0.15) is 18.3 Å². The third-order valence-electron chi connectivity index (χ3n) is 2.37. The fourth-order valence-corrected chi connectivity index (χ4v) is 1.51. The maximum absolute atomic E-state index is 12.5. The normalized spacial score (nSPS) is 11.5. The zero-order valence-electron chi connectivity index (χ0n) is 9.10. The molecule has 2 N–H and O–H groups in total. The van der Waals surface area contributed by atoms with E-state index in [1.807, 2.05) is 5.10 Å². The van der Waals surface area contributed by atoms with E-state index in [-0.39, 0.29) is 5.69 Å². The number of benzene rings is 1. The molecule has 19 heavy (non-hydrogen) atoms. The van der Waals surface area contributed by atoms with Crippen molar-refractivity contribution in [1.82, 2.24) is 14.8 Å². The zero-order chi connectivity index (χ0) is 14.2. The molecule has 0 bridgehead atoms. The predicted octanol–water partition coefficient (Wildman–Crippen LogP) is 1.28. The second-order valence-electron chi connectivity index (χ2n) is 3.57. The molecule has 1 aromatic carbocycles. The Hall–Kier alpha value is -2.58. The number of aromatic amines is 1. The van der Waals surface area contributed by atoms with E-state index in [1.54, 1.807) is 0 Å². The molecule has 0 radical (unpaired) electrons. The Balaban J connectivity index is 2.67. The van der Waals surface area contributed by atoms with Gasteiger partial charge < -0.3 is 5.11 Å². The van der Waals surface area contributed by atoms with Crippen LogP contribution in [0.25, 0.3) is 5.69 Å². The fraction of sp³-hybridized carbons (Fsp3) is 0.100. The number of hydrogen-bond donors (Lipinski definition) is 2. The molecule has 0 spiro atoms. The van der Waals surface area contributed by atoms with E-state index >= 15 is 0 Å². The molecule has 6 nitrogen and oxygen atoms in total. The molecule has 0 fully saturated rings. The smallest absolute Gasteiger partial charge is 0.416 e. The lowest BCUT2D eigenvalue weighted by molar-refractivity contribution is -0.137. The number of carbonyl (C=O) groups is 1. The molecular weight excluding hydrogens is 267 g/mol. The van der Waals surface area contributed by atoms with Crippen LogP contribution in [0.4, 0.5) is 13.2 Å². The molecule has 2 aromatic rings. The minimum Gasteiger partial charge on any atom is -0.478 e. The molecule has 9 heteroatoms. The maximum Gasteiger partial charge on any atom is 0.416 e. The molecule has 0 aliphatic heterocycles. The number of aromatic nitrogens is 3. The van der Waals surface area contributed by atoms with E-state index < -0.39 is 29.0 Å². The van der Waals surface area contributed by atoms with Crippen molar-refractivity contribution in [3.63, 3.8) is 0 Å².